The predicted molar refractivity (Wildman–Crippen MR) is 48.8 cm³/mol. The molecule has 0 aromatic rings. The summed E-state index contributed by atoms with van der Waals surface area (Å²) in [7, 11) is 0. The third kappa shape index (κ3) is 1.03. The maximum absolute atomic E-state index is 11.1. The van der Waals surface area contributed by atoms with E-state index in [2.05, 4.69) is 19.9 Å². The summed E-state index contributed by atoms with van der Waals surface area (Å²) in [5, 5.41) is 0. The van der Waals surface area contributed by atoms with E-state index in [4.69, 9.17) is 0 Å². The van der Waals surface area contributed by atoms with Crippen molar-refractivity contribution in [2.75, 3.05) is 0 Å². The van der Waals surface area contributed by atoms with E-state index in [-0.39, 0.29) is 0 Å². The Kier molecular flexibility index (Phi) is 1.82. The molecular formula is C11H16O. The Hall–Kier alpha value is -0.590. The minimum absolute atomic E-state index is 0.328. The fraction of sp³-hybridized carbons (Fsp3) is 0.727. The molecule has 0 N–H and O–H groups in total. The van der Waals surface area contributed by atoms with E-state index in [9.17, 15) is 4.79 Å². The van der Waals surface area contributed by atoms with Gasteiger partial charge in [-0.1, -0.05) is 25.5 Å². The van der Waals surface area contributed by atoms with E-state index in [1.165, 1.54) is 12.8 Å². The molecule has 0 spiro atoms. The summed E-state index contributed by atoms with van der Waals surface area (Å²) >= 11 is 0. The van der Waals surface area contributed by atoms with Crippen molar-refractivity contribution in [3.63, 3.8) is 0 Å². The molecular weight excluding hydrogens is 148 g/mol. The van der Waals surface area contributed by atoms with Crippen LogP contribution in [0.3, 0.4) is 0 Å². The molecule has 2 rings (SSSR count). The van der Waals surface area contributed by atoms with Crippen LogP contribution in [0.5, 0.6) is 0 Å². The molecule has 1 fully saturated rings. The molecule has 1 nitrogen and oxygen atoms in total. The van der Waals surface area contributed by atoms with Crippen LogP contribution in [0.15, 0.2) is 11.6 Å². The zero-order chi connectivity index (χ0) is 8.72. The minimum atomic E-state index is 0.328. The molecule has 0 radical (unpaired) electrons. The van der Waals surface area contributed by atoms with E-state index in [0.29, 0.717) is 23.5 Å². The van der Waals surface area contributed by atoms with Crippen LogP contribution in [-0.4, -0.2) is 5.78 Å². The van der Waals surface area contributed by atoms with Crippen molar-refractivity contribution < 1.29 is 4.79 Å². The monoisotopic (exact) mass is 164 g/mol. The maximum Gasteiger partial charge on any atom is 0.140 e. The van der Waals surface area contributed by atoms with E-state index in [1.54, 1.807) is 5.57 Å². The smallest absolute Gasteiger partial charge is 0.140 e. The zero-order valence-corrected chi connectivity index (χ0v) is 7.84. The Bertz CT molecular complexity index is 239. The summed E-state index contributed by atoms with van der Waals surface area (Å²) < 4.78 is 0. The summed E-state index contributed by atoms with van der Waals surface area (Å²) in [5.74, 6) is 2.19. The number of Topliss-reactive ketones (excluding diaryl/α,β-unsaturated/α-hetero) is 1. The van der Waals surface area contributed by atoms with Gasteiger partial charge < -0.3 is 0 Å². The van der Waals surface area contributed by atoms with Gasteiger partial charge in [0.05, 0.1) is 0 Å². The summed E-state index contributed by atoms with van der Waals surface area (Å²) in [5.41, 5.74) is 1.54. The molecule has 0 saturated heterocycles. The highest BCUT2D eigenvalue weighted by Gasteiger charge is 2.42. The Morgan fingerprint density at radius 1 is 1.58 bits per heavy atom. The van der Waals surface area contributed by atoms with Crippen molar-refractivity contribution in [3.8, 4) is 0 Å². The molecule has 1 saturated carbocycles. The summed E-state index contributed by atoms with van der Waals surface area (Å²) in [6.07, 6.45) is 5.50. The van der Waals surface area contributed by atoms with E-state index < -0.39 is 0 Å². The van der Waals surface area contributed by atoms with Crippen LogP contribution in [0.1, 0.15) is 33.1 Å². The Balaban J connectivity index is 2.06. The van der Waals surface area contributed by atoms with Gasteiger partial charge in [-0.3, -0.25) is 4.79 Å². The van der Waals surface area contributed by atoms with Crippen LogP contribution in [0.4, 0.5) is 0 Å². The fourth-order valence-corrected chi connectivity index (χ4v) is 2.28. The molecule has 1 unspecified atom stereocenters. The normalized spacial score (nSPS) is 35.5. The average Bonchev–Trinajstić information content (AvgIpc) is 2.41. The Morgan fingerprint density at radius 3 is 2.83 bits per heavy atom. The number of allylic oxidation sites excluding steroid dienone is 2. The van der Waals surface area contributed by atoms with Gasteiger partial charge in [0.15, 0.2) is 0 Å². The highest BCUT2D eigenvalue weighted by molar-refractivity contribution is 5.90. The van der Waals surface area contributed by atoms with Crippen LogP contribution in [-0.2, 0) is 4.79 Å². The van der Waals surface area contributed by atoms with Crippen molar-refractivity contribution in [1.82, 2.24) is 0 Å². The number of hydrogen-bond donors (Lipinski definition) is 0. The van der Waals surface area contributed by atoms with Gasteiger partial charge in [0, 0.05) is 12.3 Å². The number of ketones is 1. The fourth-order valence-electron chi connectivity index (χ4n) is 2.28. The molecule has 0 heterocycles. The number of carbonyl (C=O) groups is 1. The van der Waals surface area contributed by atoms with Gasteiger partial charge in [-0.05, 0) is 24.7 Å². The Labute approximate surface area is 73.8 Å². The van der Waals surface area contributed by atoms with Crippen molar-refractivity contribution in [1.29, 1.82) is 0 Å². The second-order valence-electron chi connectivity index (χ2n) is 4.21. The number of hydrogen-bond acceptors (Lipinski definition) is 1. The molecule has 1 heteroatoms. The standard InChI is InChI=1S/C11H16O/c1-3-7(2)8-4-9-6-11(12)10(9)5-8/h5,7,9-10H,3-4,6H2,1-2H3/t7?,9-,10-/m0/s1. The molecule has 12 heavy (non-hydrogen) atoms. The lowest BCUT2D eigenvalue weighted by atomic mass is 9.74. The van der Waals surface area contributed by atoms with E-state index >= 15 is 0 Å². The molecule has 0 aromatic carbocycles. The Morgan fingerprint density at radius 2 is 2.33 bits per heavy atom. The van der Waals surface area contributed by atoms with Crippen LogP contribution in [0.2, 0.25) is 0 Å². The second kappa shape index (κ2) is 2.72. The largest absolute Gasteiger partial charge is 0.299 e. The molecule has 2 aliphatic rings. The van der Waals surface area contributed by atoms with Gasteiger partial charge in [-0.2, -0.15) is 0 Å². The van der Waals surface area contributed by atoms with E-state index in [1.807, 2.05) is 0 Å². The minimum Gasteiger partial charge on any atom is -0.299 e. The first-order valence-corrected chi connectivity index (χ1v) is 4.95. The van der Waals surface area contributed by atoms with E-state index in [0.717, 1.165) is 6.42 Å². The van der Waals surface area contributed by atoms with Gasteiger partial charge in [0.1, 0.15) is 5.78 Å². The summed E-state index contributed by atoms with van der Waals surface area (Å²) in [6, 6.07) is 0. The van der Waals surface area contributed by atoms with Crippen molar-refractivity contribution >= 4 is 5.78 Å². The van der Waals surface area contributed by atoms with Crippen LogP contribution in [0, 0.1) is 17.8 Å². The van der Waals surface area contributed by atoms with Crippen molar-refractivity contribution in [3.05, 3.63) is 11.6 Å². The van der Waals surface area contributed by atoms with Gasteiger partial charge in [-0.25, -0.2) is 0 Å². The quantitative estimate of drug-likeness (QED) is 0.573. The topological polar surface area (TPSA) is 17.1 Å². The second-order valence-corrected chi connectivity index (χ2v) is 4.21. The van der Waals surface area contributed by atoms with Gasteiger partial charge >= 0.3 is 0 Å². The molecule has 0 aliphatic heterocycles. The SMILES string of the molecule is CCC(C)C1=C[C@@H]2C(=O)C[C@@H]2C1. The van der Waals surface area contributed by atoms with Crippen LogP contribution >= 0.6 is 0 Å². The summed E-state index contributed by atoms with van der Waals surface area (Å²) in [4.78, 5) is 11.1. The average molecular weight is 164 g/mol. The van der Waals surface area contributed by atoms with Gasteiger partial charge in [-0.15, -0.1) is 0 Å². The zero-order valence-electron chi connectivity index (χ0n) is 7.84. The highest BCUT2D eigenvalue weighted by atomic mass is 16.1. The molecule has 3 atom stereocenters. The van der Waals surface area contributed by atoms with Crippen LogP contribution in [0.25, 0.3) is 0 Å². The molecule has 0 aromatic heterocycles. The lowest BCUT2D eigenvalue weighted by molar-refractivity contribution is -0.130. The molecule has 0 amide bonds. The van der Waals surface area contributed by atoms with Gasteiger partial charge in [0.2, 0.25) is 0 Å². The third-order valence-corrected chi connectivity index (χ3v) is 3.48. The predicted octanol–water partition coefficient (Wildman–Crippen LogP) is 2.57. The first-order valence-electron chi connectivity index (χ1n) is 4.95. The van der Waals surface area contributed by atoms with Crippen molar-refractivity contribution in [2.45, 2.75) is 33.1 Å². The van der Waals surface area contributed by atoms with Crippen LogP contribution < -0.4 is 0 Å². The first kappa shape index (κ1) is 8.03. The number of rotatable bonds is 2. The molecule has 66 valence electrons. The molecule has 2 aliphatic carbocycles. The third-order valence-electron chi connectivity index (χ3n) is 3.48. The maximum atomic E-state index is 11.1. The summed E-state index contributed by atoms with van der Waals surface area (Å²) in [6.45, 7) is 4.48. The molecule has 0 bridgehead atoms. The lowest BCUT2D eigenvalue weighted by Crippen LogP contribution is -2.32. The van der Waals surface area contributed by atoms with Crippen molar-refractivity contribution in [2.24, 2.45) is 17.8 Å². The lowest BCUT2D eigenvalue weighted by Gasteiger charge is -2.27. The number of fused-ring (bicyclic) bond motifs is 1. The highest BCUT2D eigenvalue weighted by Crippen LogP contribution is 2.45. The van der Waals surface area contributed by atoms with Gasteiger partial charge in [0.25, 0.3) is 0 Å². The number of carbonyl (C=O) groups excluding carboxylic acids is 1. The first-order chi connectivity index (χ1) is 5.72.